The molecule has 0 amide bonds. The lowest BCUT2D eigenvalue weighted by Gasteiger charge is -2.14. The Morgan fingerprint density at radius 2 is 1.10 bits per heavy atom. The number of nitroso groups, excluding NO2 is 1. The molecule has 0 saturated carbocycles. The second-order valence-corrected chi connectivity index (χ2v) is 4.60. The van der Waals surface area contributed by atoms with Gasteiger partial charge in [0.1, 0.15) is 0 Å². The van der Waals surface area contributed by atoms with Crippen LogP contribution in [0.5, 0.6) is 0 Å². The summed E-state index contributed by atoms with van der Waals surface area (Å²) in [5.41, 5.74) is 1.53. The number of hydrogen-bond donors (Lipinski definition) is 3. The van der Waals surface area contributed by atoms with Crippen LogP contribution in [-0.2, 0) is 4.57 Å². The number of para-hydroxylation sites is 2. The van der Waals surface area contributed by atoms with Gasteiger partial charge in [-0.3, -0.25) is 0 Å². The summed E-state index contributed by atoms with van der Waals surface area (Å²) in [5, 5.41) is 4.37. The Balaban J connectivity index is 0.000000347. The molecule has 0 aliphatic rings. The van der Waals surface area contributed by atoms with Crippen molar-refractivity contribution in [3.63, 3.8) is 0 Å². The summed E-state index contributed by atoms with van der Waals surface area (Å²) < 4.78 is 8.88. The van der Waals surface area contributed by atoms with Crippen molar-refractivity contribution in [3.05, 3.63) is 65.6 Å². The van der Waals surface area contributed by atoms with Gasteiger partial charge < -0.3 is 14.7 Å². The van der Waals surface area contributed by atoms with Crippen molar-refractivity contribution in [1.29, 1.82) is 0 Å². The summed E-state index contributed by atoms with van der Waals surface area (Å²) in [4.78, 5) is 32.3. The van der Waals surface area contributed by atoms with Crippen molar-refractivity contribution in [2.75, 3.05) is 5.01 Å². The Labute approximate surface area is 115 Å². The number of hydrogen-bond acceptors (Lipinski definition) is 3. The highest BCUT2D eigenvalue weighted by Crippen LogP contribution is 2.26. The Bertz CT molecular complexity index is 525. The third kappa shape index (κ3) is 6.21. The lowest BCUT2D eigenvalue weighted by atomic mass is 10.2. The fourth-order valence-electron chi connectivity index (χ4n) is 1.38. The number of nitrogens with zero attached hydrogens (tertiary/aromatic N) is 2. The third-order valence-corrected chi connectivity index (χ3v) is 2.08. The average molecular weight is 296 g/mol. The molecule has 2 rings (SSSR count). The second kappa shape index (κ2) is 7.52. The molecule has 8 heteroatoms. The average Bonchev–Trinajstić information content (AvgIpc) is 2.40. The molecule has 0 atom stereocenters. The van der Waals surface area contributed by atoms with Gasteiger partial charge in [-0.05, 0) is 24.3 Å². The molecule has 0 aliphatic carbocycles. The van der Waals surface area contributed by atoms with Crippen LogP contribution >= 0.6 is 7.82 Å². The first kappa shape index (κ1) is 16.0. The van der Waals surface area contributed by atoms with E-state index in [1.165, 1.54) is 5.01 Å². The van der Waals surface area contributed by atoms with E-state index >= 15 is 0 Å². The minimum atomic E-state index is -4.64. The molecular weight excluding hydrogens is 283 g/mol. The first-order valence-corrected chi connectivity index (χ1v) is 7.00. The van der Waals surface area contributed by atoms with Gasteiger partial charge in [0, 0.05) is 0 Å². The standard InChI is InChI=1S/C12H10N2O.H3O4P/c15-13-14(11-7-3-1-4-8-11)12-9-5-2-6-10-12;1-5(2,3)4/h1-10H;(H3,1,2,3,4). The quantitative estimate of drug-likeness (QED) is 0.456. The first-order chi connectivity index (χ1) is 9.42. The minimum absolute atomic E-state index is 0.763. The number of rotatable bonds is 3. The van der Waals surface area contributed by atoms with Gasteiger partial charge in [-0.1, -0.05) is 36.4 Å². The summed E-state index contributed by atoms with van der Waals surface area (Å²) in [6.07, 6.45) is 0. The topological polar surface area (TPSA) is 110 Å². The first-order valence-electron chi connectivity index (χ1n) is 5.43. The summed E-state index contributed by atoms with van der Waals surface area (Å²) in [6, 6.07) is 18.7. The normalized spacial score (nSPS) is 10.2. The largest absolute Gasteiger partial charge is 0.466 e. The van der Waals surface area contributed by atoms with E-state index in [1.54, 1.807) is 0 Å². The highest BCUT2D eigenvalue weighted by atomic mass is 31.2. The minimum Gasteiger partial charge on any atom is -0.303 e. The van der Waals surface area contributed by atoms with Crippen LogP contribution in [0.4, 0.5) is 11.4 Å². The van der Waals surface area contributed by atoms with E-state index in [1.807, 2.05) is 60.7 Å². The fraction of sp³-hybridized carbons (Fsp3) is 0. The van der Waals surface area contributed by atoms with Crippen molar-refractivity contribution in [1.82, 2.24) is 0 Å². The number of benzene rings is 2. The second-order valence-electron chi connectivity index (χ2n) is 3.58. The van der Waals surface area contributed by atoms with Crippen LogP contribution in [0.25, 0.3) is 0 Å². The lowest BCUT2D eigenvalue weighted by molar-refractivity contribution is 0.275. The molecule has 3 N–H and O–H groups in total. The summed E-state index contributed by atoms with van der Waals surface area (Å²) in [5.74, 6) is 0. The molecule has 0 fully saturated rings. The maximum atomic E-state index is 10.8. The van der Waals surface area contributed by atoms with Gasteiger partial charge in [-0.15, -0.1) is 4.91 Å². The predicted molar refractivity (Wildman–Crippen MR) is 75.1 cm³/mol. The molecule has 0 bridgehead atoms. The monoisotopic (exact) mass is 296 g/mol. The molecule has 0 spiro atoms. The highest BCUT2D eigenvalue weighted by Gasteiger charge is 2.07. The Hall–Kier alpha value is -2.05. The van der Waals surface area contributed by atoms with E-state index in [0.717, 1.165) is 11.4 Å². The van der Waals surface area contributed by atoms with Crippen LogP contribution in [0.2, 0.25) is 0 Å². The van der Waals surface area contributed by atoms with Crippen molar-refractivity contribution in [3.8, 4) is 0 Å². The maximum Gasteiger partial charge on any atom is 0.466 e. The summed E-state index contributed by atoms with van der Waals surface area (Å²) in [7, 11) is -4.64. The van der Waals surface area contributed by atoms with Gasteiger partial charge in [0.05, 0.1) is 16.7 Å². The highest BCUT2D eigenvalue weighted by molar-refractivity contribution is 7.45. The molecule has 2 aromatic carbocycles. The molecule has 7 nitrogen and oxygen atoms in total. The van der Waals surface area contributed by atoms with E-state index in [-0.39, 0.29) is 0 Å². The van der Waals surface area contributed by atoms with E-state index in [0.29, 0.717) is 0 Å². The molecule has 106 valence electrons. The van der Waals surface area contributed by atoms with Gasteiger partial charge in [-0.2, -0.15) is 5.01 Å². The van der Waals surface area contributed by atoms with E-state index in [4.69, 9.17) is 19.2 Å². The van der Waals surface area contributed by atoms with Crippen molar-refractivity contribution in [2.24, 2.45) is 5.29 Å². The molecule has 0 heterocycles. The zero-order chi connectivity index (χ0) is 15.0. The fourth-order valence-corrected chi connectivity index (χ4v) is 1.38. The molecule has 2 aromatic rings. The summed E-state index contributed by atoms with van der Waals surface area (Å²) in [6.45, 7) is 0. The summed E-state index contributed by atoms with van der Waals surface area (Å²) >= 11 is 0. The Kier molecular flexibility index (Phi) is 6.02. The van der Waals surface area contributed by atoms with Gasteiger partial charge in [0.15, 0.2) is 0 Å². The van der Waals surface area contributed by atoms with Gasteiger partial charge >= 0.3 is 7.82 Å². The molecule has 20 heavy (non-hydrogen) atoms. The van der Waals surface area contributed by atoms with Crippen molar-refractivity contribution >= 4 is 19.2 Å². The number of phosphoric acid groups is 1. The van der Waals surface area contributed by atoms with Gasteiger partial charge in [0.2, 0.25) is 0 Å². The van der Waals surface area contributed by atoms with Crippen molar-refractivity contribution < 1.29 is 19.2 Å². The van der Waals surface area contributed by atoms with Crippen LogP contribution < -0.4 is 5.01 Å². The van der Waals surface area contributed by atoms with Crippen molar-refractivity contribution in [2.45, 2.75) is 0 Å². The van der Waals surface area contributed by atoms with Gasteiger partial charge in [0.25, 0.3) is 0 Å². The van der Waals surface area contributed by atoms with Crippen LogP contribution in [0.1, 0.15) is 0 Å². The molecule has 0 unspecified atom stereocenters. The molecule has 0 aromatic heterocycles. The van der Waals surface area contributed by atoms with Crippen LogP contribution in [-0.4, -0.2) is 14.7 Å². The van der Waals surface area contributed by atoms with Crippen LogP contribution in [0, 0.1) is 4.91 Å². The maximum absolute atomic E-state index is 10.8. The molecular formula is C12H13N2O5P. The predicted octanol–water partition coefficient (Wildman–Crippen LogP) is 2.58. The Morgan fingerprint density at radius 3 is 1.35 bits per heavy atom. The molecule has 0 radical (unpaired) electrons. The SMILES string of the molecule is O=NN(c1ccccc1)c1ccccc1.O=P(O)(O)O. The third-order valence-electron chi connectivity index (χ3n) is 2.08. The van der Waals surface area contributed by atoms with E-state index in [2.05, 4.69) is 5.29 Å². The lowest BCUT2D eigenvalue weighted by Crippen LogP contribution is -2.06. The van der Waals surface area contributed by atoms with Crippen LogP contribution in [0.15, 0.2) is 65.9 Å². The number of anilines is 2. The zero-order valence-corrected chi connectivity index (χ0v) is 11.2. The molecule has 0 aliphatic heterocycles. The van der Waals surface area contributed by atoms with Gasteiger partial charge in [-0.25, -0.2) is 4.57 Å². The smallest absolute Gasteiger partial charge is 0.303 e. The van der Waals surface area contributed by atoms with E-state index < -0.39 is 7.82 Å². The van der Waals surface area contributed by atoms with Crippen LogP contribution in [0.3, 0.4) is 0 Å². The van der Waals surface area contributed by atoms with E-state index in [9.17, 15) is 4.91 Å². The molecule has 0 saturated heterocycles. The Morgan fingerprint density at radius 1 is 0.800 bits per heavy atom. The zero-order valence-electron chi connectivity index (χ0n) is 10.3.